The van der Waals surface area contributed by atoms with Crippen molar-refractivity contribution in [3.63, 3.8) is 0 Å². The maximum Gasteiger partial charge on any atom is 0.342 e. The summed E-state index contributed by atoms with van der Waals surface area (Å²) < 4.78 is 38.4. The highest BCUT2D eigenvalue weighted by Gasteiger charge is 2.29. The van der Waals surface area contributed by atoms with Crippen LogP contribution >= 0.6 is 0 Å². The fourth-order valence-corrected chi connectivity index (χ4v) is 0.911. The van der Waals surface area contributed by atoms with Crippen molar-refractivity contribution in [2.45, 2.75) is 0 Å². The second kappa shape index (κ2) is 3.56. The molecule has 0 aliphatic heterocycles. The Kier molecular flexibility index (Phi) is 2.60. The van der Waals surface area contributed by atoms with Crippen LogP contribution in [0.1, 0.15) is 10.4 Å². The molecule has 0 aliphatic carbocycles. The van der Waals surface area contributed by atoms with Gasteiger partial charge in [0.15, 0.2) is 11.6 Å². The largest absolute Gasteiger partial charge is 0.477 e. The second-order valence-electron chi connectivity index (χ2n) is 2.44. The molecule has 0 unspecified atom stereocenters. The molecule has 0 saturated carbocycles. The third kappa shape index (κ3) is 1.73. The van der Waals surface area contributed by atoms with Crippen LogP contribution in [0.4, 0.5) is 18.9 Å². The van der Waals surface area contributed by atoms with E-state index in [-0.39, 0.29) is 6.07 Å². The molecule has 8 heteroatoms. The molecule has 0 saturated heterocycles. The van der Waals surface area contributed by atoms with E-state index in [1.807, 2.05) is 0 Å². The van der Waals surface area contributed by atoms with Gasteiger partial charge in [-0.15, -0.1) is 0 Å². The van der Waals surface area contributed by atoms with Crippen molar-refractivity contribution in [2.24, 2.45) is 0 Å². The van der Waals surface area contributed by atoms with Crippen molar-refractivity contribution in [1.29, 1.82) is 0 Å². The number of carbonyl (C=O) groups is 1. The van der Waals surface area contributed by atoms with Crippen molar-refractivity contribution in [3.05, 3.63) is 39.2 Å². The fourth-order valence-electron chi connectivity index (χ4n) is 0.911. The molecule has 0 aromatic heterocycles. The lowest BCUT2D eigenvalue weighted by atomic mass is 10.1. The van der Waals surface area contributed by atoms with E-state index in [1.54, 1.807) is 0 Å². The molecular formula is C7H2F3NO4. The smallest absolute Gasteiger partial charge is 0.342 e. The van der Waals surface area contributed by atoms with E-state index in [2.05, 4.69) is 0 Å². The number of rotatable bonds is 2. The van der Waals surface area contributed by atoms with Crippen LogP contribution < -0.4 is 0 Å². The molecule has 80 valence electrons. The zero-order valence-corrected chi connectivity index (χ0v) is 6.83. The van der Waals surface area contributed by atoms with E-state index in [4.69, 9.17) is 5.11 Å². The summed E-state index contributed by atoms with van der Waals surface area (Å²) in [4.78, 5) is 19.1. The molecule has 0 amide bonds. The minimum atomic E-state index is -2.12. The van der Waals surface area contributed by atoms with Crippen molar-refractivity contribution in [1.82, 2.24) is 0 Å². The SMILES string of the molecule is O=C(O)c1c(F)c(F)cc([N+](=O)[O-])c1F. The molecule has 0 spiro atoms. The molecule has 1 aromatic rings. The third-order valence-electron chi connectivity index (χ3n) is 1.55. The molecule has 0 heterocycles. The maximum absolute atomic E-state index is 13.0. The van der Waals surface area contributed by atoms with Gasteiger partial charge in [0.05, 0.1) is 11.0 Å². The summed E-state index contributed by atoms with van der Waals surface area (Å²) in [6.07, 6.45) is 0. The summed E-state index contributed by atoms with van der Waals surface area (Å²) in [5.41, 5.74) is -3.10. The average Bonchev–Trinajstić information content (AvgIpc) is 2.10. The summed E-state index contributed by atoms with van der Waals surface area (Å²) >= 11 is 0. The quantitative estimate of drug-likeness (QED) is 0.468. The topological polar surface area (TPSA) is 80.4 Å². The first-order valence-electron chi connectivity index (χ1n) is 3.41. The molecule has 5 nitrogen and oxygen atoms in total. The third-order valence-corrected chi connectivity index (χ3v) is 1.55. The number of carboxylic acid groups (broad SMARTS) is 1. The molecule has 1 aromatic carbocycles. The Morgan fingerprint density at radius 3 is 2.27 bits per heavy atom. The molecule has 15 heavy (non-hydrogen) atoms. The van der Waals surface area contributed by atoms with E-state index < -0.39 is 39.6 Å². The van der Waals surface area contributed by atoms with Gasteiger partial charge in [-0.2, -0.15) is 4.39 Å². The van der Waals surface area contributed by atoms with Crippen LogP contribution in [0.25, 0.3) is 0 Å². The predicted molar refractivity (Wildman–Crippen MR) is 39.9 cm³/mol. The molecular weight excluding hydrogens is 219 g/mol. The number of hydrogen-bond acceptors (Lipinski definition) is 3. The number of hydrogen-bond donors (Lipinski definition) is 1. The lowest BCUT2D eigenvalue weighted by molar-refractivity contribution is -0.387. The van der Waals surface area contributed by atoms with Crippen LogP contribution in [-0.4, -0.2) is 16.0 Å². The first-order chi connectivity index (χ1) is 6.86. The highest BCUT2D eigenvalue weighted by Crippen LogP contribution is 2.25. The Bertz CT molecular complexity index is 460. The Morgan fingerprint density at radius 2 is 1.87 bits per heavy atom. The fraction of sp³-hybridized carbons (Fsp3) is 0. The van der Waals surface area contributed by atoms with E-state index in [0.29, 0.717) is 0 Å². The summed E-state index contributed by atoms with van der Waals surface area (Å²) in [5.74, 6) is -7.79. The summed E-state index contributed by atoms with van der Waals surface area (Å²) in [6, 6.07) is -0.0168. The van der Waals surface area contributed by atoms with Gasteiger partial charge >= 0.3 is 11.7 Å². The van der Waals surface area contributed by atoms with Crippen LogP contribution in [0.15, 0.2) is 6.07 Å². The molecule has 0 bridgehead atoms. The minimum Gasteiger partial charge on any atom is -0.477 e. The Balaban J connectivity index is 3.63. The van der Waals surface area contributed by atoms with Gasteiger partial charge in [-0.3, -0.25) is 10.1 Å². The molecule has 0 atom stereocenters. The van der Waals surface area contributed by atoms with Crippen LogP contribution in [0.2, 0.25) is 0 Å². The van der Waals surface area contributed by atoms with E-state index in [1.165, 1.54) is 0 Å². The van der Waals surface area contributed by atoms with Gasteiger partial charge in [0.2, 0.25) is 5.82 Å². The lowest BCUT2D eigenvalue weighted by Crippen LogP contribution is -2.09. The highest BCUT2D eigenvalue weighted by molar-refractivity contribution is 5.89. The number of benzene rings is 1. The van der Waals surface area contributed by atoms with Gasteiger partial charge in [0, 0.05) is 0 Å². The van der Waals surface area contributed by atoms with E-state index in [9.17, 15) is 28.1 Å². The lowest BCUT2D eigenvalue weighted by Gasteiger charge is -2.01. The molecule has 0 radical (unpaired) electrons. The number of carboxylic acids is 1. The van der Waals surface area contributed by atoms with Crippen LogP contribution in [-0.2, 0) is 0 Å². The van der Waals surface area contributed by atoms with E-state index in [0.717, 1.165) is 0 Å². The zero-order chi connectivity index (χ0) is 11.7. The molecule has 1 N–H and O–H groups in total. The summed E-state index contributed by atoms with van der Waals surface area (Å²) in [5, 5.41) is 18.5. The van der Waals surface area contributed by atoms with Crippen molar-refractivity contribution in [2.75, 3.05) is 0 Å². The van der Waals surface area contributed by atoms with Crippen LogP contribution in [0.5, 0.6) is 0 Å². The minimum absolute atomic E-state index is 0.0168. The van der Waals surface area contributed by atoms with Gasteiger partial charge in [-0.05, 0) is 0 Å². The number of nitro groups is 1. The van der Waals surface area contributed by atoms with Gasteiger partial charge in [-0.1, -0.05) is 0 Å². The average molecular weight is 221 g/mol. The Labute approximate surface area is 79.9 Å². The number of nitro benzene ring substituents is 1. The Hall–Kier alpha value is -2.12. The molecule has 1 rings (SSSR count). The summed E-state index contributed by atoms with van der Waals surface area (Å²) in [7, 11) is 0. The molecule has 0 aliphatic rings. The second-order valence-corrected chi connectivity index (χ2v) is 2.44. The van der Waals surface area contributed by atoms with Crippen molar-refractivity contribution < 1.29 is 28.0 Å². The summed E-state index contributed by atoms with van der Waals surface area (Å²) in [6.45, 7) is 0. The molecule has 0 fully saturated rings. The number of halogens is 3. The van der Waals surface area contributed by atoms with Crippen LogP contribution in [0, 0.1) is 27.6 Å². The van der Waals surface area contributed by atoms with Crippen molar-refractivity contribution >= 4 is 11.7 Å². The monoisotopic (exact) mass is 221 g/mol. The van der Waals surface area contributed by atoms with Gasteiger partial charge in [0.25, 0.3) is 0 Å². The first kappa shape index (κ1) is 11.0. The van der Waals surface area contributed by atoms with Gasteiger partial charge in [0.1, 0.15) is 5.56 Å². The Morgan fingerprint density at radius 1 is 1.33 bits per heavy atom. The van der Waals surface area contributed by atoms with Crippen LogP contribution in [0.3, 0.4) is 0 Å². The standard InChI is InChI=1S/C7H2F3NO4/c8-2-1-3(11(14)15)6(10)4(5(2)9)7(12)13/h1H,(H,12,13). The van der Waals surface area contributed by atoms with E-state index >= 15 is 0 Å². The van der Waals surface area contributed by atoms with Crippen molar-refractivity contribution in [3.8, 4) is 0 Å². The first-order valence-corrected chi connectivity index (χ1v) is 3.41. The van der Waals surface area contributed by atoms with Gasteiger partial charge in [-0.25, -0.2) is 13.6 Å². The maximum atomic E-state index is 13.0. The van der Waals surface area contributed by atoms with Gasteiger partial charge < -0.3 is 5.11 Å². The highest BCUT2D eigenvalue weighted by atomic mass is 19.2. The predicted octanol–water partition coefficient (Wildman–Crippen LogP) is 1.71. The zero-order valence-electron chi connectivity index (χ0n) is 6.83. The normalized spacial score (nSPS) is 10.1. The number of nitrogens with zero attached hydrogens (tertiary/aromatic N) is 1. The number of aromatic carboxylic acids is 1.